The molecule has 2 aliphatic rings. The van der Waals surface area contributed by atoms with E-state index in [1.54, 1.807) is 12.4 Å². The van der Waals surface area contributed by atoms with Crippen LogP contribution in [0, 0.1) is 0 Å². The molecule has 3 N–H and O–H groups in total. The molecule has 7 heteroatoms. The summed E-state index contributed by atoms with van der Waals surface area (Å²) in [6.45, 7) is 0.892. The lowest BCUT2D eigenvalue weighted by atomic mass is 9.92. The van der Waals surface area contributed by atoms with E-state index in [0.717, 1.165) is 61.3 Å². The van der Waals surface area contributed by atoms with Gasteiger partial charge in [-0.2, -0.15) is 0 Å². The maximum Gasteiger partial charge on any atom is 0.253 e. The highest BCUT2D eigenvalue weighted by Gasteiger charge is 2.25. The number of fused-ring (bicyclic) bond motifs is 1. The summed E-state index contributed by atoms with van der Waals surface area (Å²) >= 11 is 0. The molecule has 0 unspecified atom stereocenters. The van der Waals surface area contributed by atoms with E-state index in [1.807, 2.05) is 24.3 Å². The molecule has 0 saturated heterocycles. The number of rotatable bonds is 7. The second kappa shape index (κ2) is 9.13. The average molecular weight is 397 g/mol. The lowest BCUT2D eigenvalue weighted by molar-refractivity contribution is 0.0893. The van der Waals surface area contributed by atoms with Gasteiger partial charge in [0.05, 0.1) is 11.7 Å². The van der Waals surface area contributed by atoms with Crippen molar-refractivity contribution in [3.63, 3.8) is 0 Å². The molecule has 1 aliphatic carbocycles. The number of hydrogen-bond acceptors (Lipinski definition) is 6. The highest BCUT2D eigenvalue weighted by atomic mass is 16.7. The van der Waals surface area contributed by atoms with Gasteiger partial charge in [0.15, 0.2) is 11.5 Å². The Balaban J connectivity index is 1.26. The first-order valence-electron chi connectivity index (χ1n) is 10.2. The third-order valence-electron chi connectivity index (χ3n) is 5.38. The van der Waals surface area contributed by atoms with Crippen LogP contribution < -0.4 is 25.3 Å². The minimum atomic E-state index is -0.0627. The van der Waals surface area contributed by atoms with Crippen LogP contribution in [0.2, 0.25) is 0 Å². The van der Waals surface area contributed by atoms with Gasteiger partial charge in [0.2, 0.25) is 6.79 Å². The second-order valence-electron chi connectivity index (χ2n) is 7.55. The summed E-state index contributed by atoms with van der Waals surface area (Å²) in [7, 11) is 0. The van der Waals surface area contributed by atoms with Crippen LogP contribution in [0.1, 0.15) is 48.0 Å². The molecule has 1 fully saturated rings. The molecule has 2 aromatic rings. The van der Waals surface area contributed by atoms with E-state index in [-0.39, 0.29) is 24.8 Å². The van der Waals surface area contributed by atoms with E-state index in [2.05, 4.69) is 10.3 Å². The zero-order chi connectivity index (χ0) is 20.1. The van der Waals surface area contributed by atoms with E-state index in [0.29, 0.717) is 12.1 Å². The van der Waals surface area contributed by atoms with Crippen LogP contribution >= 0.6 is 0 Å². The first-order valence-corrected chi connectivity index (χ1v) is 10.2. The van der Waals surface area contributed by atoms with Gasteiger partial charge in [0.25, 0.3) is 5.91 Å². The Bertz CT molecular complexity index is 850. The summed E-state index contributed by atoms with van der Waals surface area (Å²) in [4.78, 5) is 16.8. The van der Waals surface area contributed by atoms with Crippen molar-refractivity contribution in [2.45, 2.75) is 50.7 Å². The molecule has 0 atom stereocenters. The van der Waals surface area contributed by atoms with Crippen molar-refractivity contribution in [3.05, 3.63) is 47.8 Å². The fraction of sp³-hybridized carbons (Fsp3) is 0.455. The smallest absolute Gasteiger partial charge is 0.253 e. The quantitative estimate of drug-likeness (QED) is 0.746. The molecule has 1 saturated carbocycles. The van der Waals surface area contributed by atoms with Gasteiger partial charge in [-0.3, -0.25) is 9.78 Å². The van der Waals surface area contributed by atoms with Crippen LogP contribution in [-0.4, -0.2) is 36.4 Å². The number of nitrogens with zero attached hydrogens (tertiary/aromatic N) is 1. The summed E-state index contributed by atoms with van der Waals surface area (Å²) in [6, 6.07) is 7.73. The van der Waals surface area contributed by atoms with Crippen LogP contribution in [0.4, 0.5) is 0 Å². The van der Waals surface area contributed by atoms with Gasteiger partial charge in [-0.05, 0) is 68.8 Å². The average Bonchev–Trinajstić information content (AvgIpc) is 3.22. The van der Waals surface area contributed by atoms with Gasteiger partial charge >= 0.3 is 0 Å². The monoisotopic (exact) mass is 397 g/mol. The van der Waals surface area contributed by atoms with Gasteiger partial charge in [-0.1, -0.05) is 0 Å². The normalized spacial score (nSPS) is 20.3. The minimum absolute atomic E-state index is 0.0627. The fourth-order valence-corrected chi connectivity index (χ4v) is 3.79. The van der Waals surface area contributed by atoms with E-state index >= 15 is 0 Å². The zero-order valence-corrected chi connectivity index (χ0v) is 16.4. The standard InChI is InChI=1S/C22H27N3O4/c23-9-1-2-15-10-16(13-24-12-15)22(26)25-17-3-5-18(6-4-17)29-19-7-8-20-21(11-19)28-14-27-20/h7-8,10-13,17-18H,1-6,9,14,23H2,(H,25,26). The van der Waals surface area contributed by atoms with Crippen molar-refractivity contribution in [1.29, 1.82) is 0 Å². The molecule has 1 amide bonds. The molecule has 2 heterocycles. The summed E-state index contributed by atoms with van der Waals surface area (Å²) < 4.78 is 16.8. The summed E-state index contributed by atoms with van der Waals surface area (Å²) in [5.41, 5.74) is 7.21. The number of amides is 1. The number of pyridine rings is 1. The molecule has 1 aromatic heterocycles. The highest BCUT2D eigenvalue weighted by molar-refractivity contribution is 5.94. The lowest BCUT2D eigenvalue weighted by Crippen LogP contribution is -2.39. The van der Waals surface area contributed by atoms with Crippen molar-refractivity contribution >= 4 is 5.91 Å². The van der Waals surface area contributed by atoms with Gasteiger partial charge in [-0.25, -0.2) is 0 Å². The number of nitrogens with one attached hydrogen (secondary N) is 1. The molecule has 7 nitrogen and oxygen atoms in total. The fourth-order valence-electron chi connectivity index (χ4n) is 3.79. The predicted molar refractivity (Wildman–Crippen MR) is 108 cm³/mol. The maximum absolute atomic E-state index is 12.6. The molecule has 1 aliphatic heterocycles. The van der Waals surface area contributed by atoms with Crippen molar-refractivity contribution < 1.29 is 19.0 Å². The van der Waals surface area contributed by atoms with Gasteiger partial charge in [-0.15, -0.1) is 0 Å². The predicted octanol–water partition coefficient (Wildman–Crippen LogP) is 2.82. The largest absolute Gasteiger partial charge is 0.490 e. The number of ether oxygens (including phenoxy) is 3. The second-order valence-corrected chi connectivity index (χ2v) is 7.55. The van der Waals surface area contributed by atoms with Crippen molar-refractivity contribution in [3.8, 4) is 17.2 Å². The molecule has 154 valence electrons. The van der Waals surface area contributed by atoms with Crippen LogP contribution in [-0.2, 0) is 6.42 Å². The molecule has 0 spiro atoms. The highest BCUT2D eigenvalue weighted by Crippen LogP contribution is 2.36. The number of carbonyl (C=O) groups excluding carboxylic acids is 1. The van der Waals surface area contributed by atoms with Crippen molar-refractivity contribution in [2.75, 3.05) is 13.3 Å². The summed E-state index contributed by atoms with van der Waals surface area (Å²) in [6.07, 6.45) is 8.86. The molecule has 4 rings (SSSR count). The summed E-state index contributed by atoms with van der Waals surface area (Å²) in [5.74, 6) is 2.21. The zero-order valence-electron chi connectivity index (χ0n) is 16.4. The topological polar surface area (TPSA) is 95.7 Å². The SMILES string of the molecule is NCCCc1cncc(C(=O)NC2CCC(Oc3ccc4c(c3)OCO4)CC2)c1. The Morgan fingerprint density at radius 3 is 2.79 bits per heavy atom. The van der Waals surface area contributed by atoms with E-state index in [9.17, 15) is 4.79 Å². The van der Waals surface area contributed by atoms with Crippen molar-refractivity contribution in [2.24, 2.45) is 5.73 Å². The third kappa shape index (κ3) is 4.98. The third-order valence-corrected chi connectivity index (χ3v) is 5.38. The number of aryl methyl sites for hydroxylation is 1. The van der Waals surface area contributed by atoms with Crippen molar-refractivity contribution in [1.82, 2.24) is 10.3 Å². The Labute approximate surface area is 170 Å². The number of benzene rings is 1. The Kier molecular flexibility index (Phi) is 6.14. The molecule has 0 radical (unpaired) electrons. The number of nitrogens with two attached hydrogens (primary N) is 1. The van der Waals surface area contributed by atoms with E-state index in [4.69, 9.17) is 19.9 Å². The van der Waals surface area contributed by atoms with E-state index < -0.39 is 0 Å². The number of hydrogen-bond donors (Lipinski definition) is 2. The number of aromatic nitrogens is 1. The van der Waals surface area contributed by atoms with Gasteiger partial charge < -0.3 is 25.3 Å². The molecule has 1 aromatic carbocycles. The van der Waals surface area contributed by atoms with Crippen LogP contribution in [0.25, 0.3) is 0 Å². The Hall–Kier alpha value is -2.80. The molecular formula is C22H27N3O4. The van der Waals surface area contributed by atoms with Gasteiger partial charge in [0, 0.05) is 24.5 Å². The Morgan fingerprint density at radius 2 is 1.97 bits per heavy atom. The van der Waals surface area contributed by atoms with Crippen LogP contribution in [0.5, 0.6) is 17.2 Å². The van der Waals surface area contributed by atoms with Gasteiger partial charge in [0.1, 0.15) is 5.75 Å². The van der Waals surface area contributed by atoms with E-state index in [1.165, 1.54) is 0 Å². The van der Waals surface area contributed by atoms with Crippen LogP contribution in [0.15, 0.2) is 36.7 Å². The molecular weight excluding hydrogens is 370 g/mol. The van der Waals surface area contributed by atoms with Crippen LogP contribution in [0.3, 0.4) is 0 Å². The lowest BCUT2D eigenvalue weighted by Gasteiger charge is -2.29. The summed E-state index contributed by atoms with van der Waals surface area (Å²) in [5, 5.41) is 3.14. The maximum atomic E-state index is 12.6. The Morgan fingerprint density at radius 1 is 1.14 bits per heavy atom. The molecule has 0 bridgehead atoms. The minimum Gasteiger partial charge on any atom is -0.490 e. The first-order chi connectivity index (χ1) is 14.2. The number of carbonyl (C=O) groups is 1. The molecule has 29 heavy (non-hydrogen) atoms. The first kappa shape index (κ1) is 19.5.